The number of ether oxygens (including phenoxy) is 2. The summed E-state index contributed by atoms with van der Waals surface area (Å²) in [5, 5.41) is 0. The lowest BCUT2D eigenvalue weighted by Crippen LogP contribution is -2.33. The molecule has 0 heterocycles. The summed E-state index contributed by atoms with van der Waals surface area (Å²) in [6.45, 7) is 23.6. The van der Waals surface area contributed by atoms with Crippen LogP contribution in [-0.2, 0) is 37.5 Å². The minimum absolute atomic E-state index is 0.0613. The van der Waals surface area contributed by atoms with Crippen molar-refractivity contribution >= 4 is 42.0 Å². The van der Waals surface area contributed by atoms with Gasteiger partial charge in [0.15, 0.2) is 0 Å². The van der Waals surface area contributed by atoms with Gasteiger partial charge in [-0.1, -0.05) is 33.6 Å². The summed E-state index contributed by atoms with van der Waals surface area (Å²) in [5.74, 6) is -1.28. The monoisotopic (exact) mass is 514 g/mol. The molecule has 34 heavy (non-hydrogen) atoms. The van der Waals surface area contributed by atoms with Gasteiger partial charge in [0.05, 0.1) is 13.2 Å². The van der Waals surface area contributed by atoms with E-state index in [9.17, 15) is 19.2 Å². The molecule has 0 aromatic rings. The van der Waals surface area contributed by atoms with Crippen LogP contribution in [0.3, 0.4) is 0 Å². The van der Waals surface area contributed by atoms with Gasteiger partial charge in [-0.2, -0.15) is 0 Å². The van der Waals surface area contributed by atoms with Crippen molar-refractivity contribution in [3.05, 3.63) is 36.5 Å². The normalized spacial score (nSPS) is 10.7. The molecular formula is C24H42O8Si2. The predicted octanol–water partition coefficient (Wildman–Crippen LogP) is 4.02. The molecule has 0 amide bonds. The van der Waals surface area contributed by atoms with Gasteiger partial charge in [0.1, 0.15) is 0 Å². The van der Waals surface area contributed by atoms with Gasteiger partial charge in [-0.15, -0.1) is 0 Å². The Morgan fingerprint density at radius 2 is 1.24 bits per heavy atom. The van der Waals surface area contributed by atoms with Crippen molar-refractivity contribution in [2.24, 2.45) is 5.92 Å². The Balaban J connectivity index is 0. The lowest BCUT2D eigenvalue weighted by Gasteiger charge is -2.22. The SMILES string of the molecule is C=C(C)C(=O)OCCC[SiH2]OC(=O)C(C)C.C=C(C)C(=O)OCCC[Si](C)(C)OC(=O)C(=C)C. The van der Waals surface area contributed by atoms with Gasteiger partial charge < -0.3 is 18.3 Å². The van der Waals surface area contributed by atoms with Gasteiger partial charge in [-0.25, -0.2) is 14.4 Å². The molecule has 0 aliphatic heterocycles. The molecule has 0 unspecified atom stereocenters. The molecule has 0 saturated heterocycles. The van der Waals surface area contributed by atoms with Crippen molar-refractivity contribution in [3.63, 3.8) is 0 Å². The first-order valence-electron chi connectivity index (χ1n) is 11.3. The molecule has 0 aromatic heterocycles. The molecule has 0 aliphatic rings. The van der Waals surface area contributed by atoms with E-state index in [-0.39, 0.29) is 29.8 Å². The molecule has 8 nitrogen and oxygen atoms in total. The Bertz CT molecular complexity index is 741. The van der Waals surface area contributed by atoms with Crippen LogP contribution in [-0.4, -0.2) is 55.2 Å². The number of hydrogen-bond acceptors (Lipinski definition) is 8. The van der Waals surface area contributed by atoms with Gasteiger partial charge in [-0.05, 0) is 58.8 Å². The minimum atomic E-state index is -2.05. The topological polar surface area (TPSA) is 105 Å². The molecule has 0 radical (unpaired) electrons. The van der Waals surface area contributed by atoms with Crippen molar-refractivity contribution in [1.82, 2.24) is 0 Å². The summed E-state index contributed by atoms with van der Waals surface area (Å²) < 4.78 is 20.4. The zero-order valence-corrected chi connectivity index (χ0v) is 24.3. The molecule has 0 rings (SSSR count). The number of esters is 2. The van der Waals surface area contributed by atoms with Crippen LogP contribution in [0.4, 0.5) is 0 Å². The second-order valence-electron chi connectivity index (χ2n) is 8.89. The highest BCUT2D eigenvalue weighted by Gasteiger charge is 2.26. The fourth-order valence-electron chi connectivity index (χ4n) is 2.01. The van der Waals surface area contributed by atoms with E-state index >= 15 is 0 Å². The third kappa shape index (κ3) is 19.0. The van der Waals surface area contributed by atoms with Crippen LogP contribution in [0.25, 0.3) is 0 Å². The highest BCUT2D eigenvalue weighted by molar-refractivity contribution is 6.72. The van der Waals surface area contributed by atoms with Crippen LogP contribution in [0.5, 0.6) is 0 Å². The number of hydrogen-bond donors (Lipinski definition) is 0. The summed E-state index contributed by atoms with van der Waals surface area (Å²) in [6.07, 6.45) is 1.43. The van der Waals surface area contributed by atoms with E-state index in [1.54, 1.807) is 20.8 Å². The lowest BCUT2D eigenvalue weighted by molar-refractivity contribution is -0.139. The first kappa shape index (κ1) is 33.7. The molecule has 0 aliphatic carbocycles. The molecule has 0 N–H and O–H groups in total. The van der Waals surface area contributed by atoms with Crippen LogP contribution in [0.2, 0.25) is 25.2 Å². The maximum Gasteiger partial charge on any atom is 0.333 e. The van der Waals surface area contributed by atoms with Crippen LogP contribution < -0.4 is 0 Å². The maximum absolute atomic E-state index is 11.4. The molecule has 0 aromatic carbocycles. The van der Waals surface area contributed by atoms with E-state index in [0.717, 1.165) is 18.5 Å². The van der Waals surface area contributed by atoms with E-state index in [2.05, 4.69) is 19.7 Å². The van der Waals surface area contributed by atoms with Gasteiger partial charge >= 0.3 is 17.9 Å². The Morgan fingerprint density at radius 3 is 1.65 bits per heavy atom. The zero-order chi connectivity index (χ0) is 26.9. The van der Waals surface area contributed by atoms with Crippen LogP contribution >= 0.6 is 0 Å². The predicted molar refractivity (Wildman–Crippen MR) is 138 cm³/mol. The molecule has 0 atom stereocenters. The molecule has 0 fully saturated rings. The Morgan fingerprint density at radius 1 is 0.794 bits per heavy atom. The van der Waals surface area contributed by atoms with Gasteiger partial charge in [-0.3, -0.25) is 4.79 Å². The van der Waals surface area contributed by atoms with E-state index in [1.807, 2.05) is 26.9 Å². The summed E-state index contributed by atoms with van der Waals surface area (Å²) in [5.41, 5.74) is 1.20. The summed E-state index contributed by atoms with van der Waals surface area (Å²) >= 11 is 0. The van der Waals surface area contributed by atoms with E-state index in [1.165, 1.54) is 0 Å². The number of rotatable bonds is 14. The molecule has 194 valence electrons. The standard InChI is InChI=1S/C13H22O4Si.C11H20O4Si/c1-10(2)12(14)16-8-7-9-18(5,6)17-13(15)11(3)4;1-8(2)10(12)14-6-5-7-16-15-11(13)9(3)4/h1,3,7-9H2,2,4-6H3;9H,1,5-7,16H2,2-4H3. The minimum Gasteiger partial charge on any atom is -0.525 e. The smallest absolute Gasteiger partial charge is 0.333 e. The highest BCUT2D eigenvalue weighted by atomic mass is 28.4. The molecule has 0 bridgehead atoms. The third-order valence-corrected chi connectivity index (χ3v) is 7.63. The van der Waals surface area contributed by atoms with Gasteiger partial charge in [0.25, 0.3) is 5.97 Å². The fraction of sp³-hybridized carbons (Fsp3) is 0.583. The average Bonchev–Trinajstić information content (AvgIpc) is 2.72. The zero-order valence-electron chi connectivity index (χ0n) is 21.9. The van der Waals surface area contributed by atoms with Crippen LogP contribution in [0.15, 0.2) is 36.5 Å². The summed E-state index contributed by atoms with van der Waals surface area (Å²) in [6, 6.07) is 1.58. The van der Waals surface area contributed by atoms with Crippen molar-refractivity contribution in [2.75, 3.05) is 13.2 Å². The second kappa shape index (κ2) is 17.9. The lowest BCUT2D eigenvalue weighted by atomic mass is 10.2. The van der Waals surface area contributed by atoms with E-state index in [4.69, 9.17) is 18.3 Å². The fourth-order valence-corrected chi connectivity index (χ4v) is 4.87. The highest BCUT2D eigenvalue weighted by Crippen LogP contribution is 2.15. The van der Waals surface area contributed by atoms with E-state index < -0.39 is 18.1 Å². The third-order valence-electron chi connectivity index (χ3n) is 4.06. The quantitative estimate of drug-likeness (QED) is 0.148. The molecule has 0 saturated carbocycles. The second-order valence-corrected chi connectivity index (χ2v) is 14.5. The van der Waals surface area contributed by atoms with Gasteiger partial charge in [0, 0.05) is 22.6 Å². The first-order valence-corrected chi connectivity index (χ1v) is 16.0. The van der Waals surface area contributed by atoms with Crippen LogP contribution in [0, 0.1) is 5.92 Å². The molecular weight excluding hydrogens is 472 g/mol. The maximum atomic E-state index is 11.4. The first-order chi connectivity index (χ1) is 15.6. The number of carbonyl (C=O) groups is 4. The van der Waals surface area contributed by atoms with E-state index in [0.29, 0.717) is 36.4 Å². The largest absolute Gasteiger partial charge is 0.525 e. The van der Waals surface area contributed by atoms with Gasteiger partial charge in [0.2, 0.25) is 18.1 Å². The van der Waals surface area contributed by atoms with Crippen molar-refractivity contribution in [1.29, 1.82) is 0 Å². The average molecular weight is 515 g/mol. The van der Waals surface area contributed by atoms with Crippen molar-refractivity contribution in [3.8, 4) is 0 Å². The molecule has 0 spiro atoms. The molecule has 10 heteroatoms. The Kier molecular flexibility index (Phi) is 17.8. The Hall–Kier alpha value is -2.47. The summed E-state index contributed by atoms with van der Waals surface area (Å²) in [7, 11) is -2.86. The van der Waals surface area contributed by atoms with Crippen molar-refractivity contribution < 1.29 is 37.5 Å². The Labute approximate surface area is 207 Å². The van der Waals surface area contributed by atoms with Crippen LogP contribution in [0.1, 0.15) is 47.5 Å². The number of carbonyl (C=O) groups excluding carboxylic acids is 4. The van der Waals surface area contributed by atoms with Crippen molar-refractivity contribution in [2.45, 2.75) is 72.6 Å². The summed E-state index contributed by atoms with van der Waals surface area (Å²) in [4.78, 5) is 44.6.